The van der Waals surface area contributed by atoms with Crippen LogP contribution in [0, 0.1) is 6.92 Å². The summed E-state index contributed by atoms with van der Waals surface area (Å²) in [5.41, 5.74) is 0.370. The highest BCUT2D eigenvalue weighted by molar-refractivity contribution is 6.27. The molecule has 1 aromatic heterocycles. The lowest BCUT2D eigenvalue weighted by Gasteiger charge is -2.13. The number of ether oxygens (including phenoxy) is 1. The third kappa shape index (κ3) is 3.23. The number of hydrogen-bond donors (Lipinski definition) is 0. The molecule has 17 heavy (non-hydrogen) atoms. The molecule has 5 nitrogen and oxygen atoms in total. The second kappa shape index (κ2) is 5.72. The number of rotatable bonds is 4. The molecule has 0 saturated carbocycles. The summed E-state index contributed by atoms with van der Waals surface area (Å²) in [7, 11) is 2.91. The van der Waals surface area contributed by atoms with Crippen molar-refractivity contribution in [1.82, 2.24) is 4.90 Å². The maximum Gasteiger partial charge on any atom is 0.341 e. The van der Waals surface area contributed by atoms with Crippen molar-refractivity contribution in [3.8, 4) is 0 Å². The van der Waals surface area contributed by atoms with Crippen molar-refractivity contribution in [1.29, 1.82) is 0 Å². The average Bonchev–Trinajstić information content (AvgIpc) is 2.67. The van der Waals surface area contributed by atoms with E-state index >= 15 is 0 Å². The lowest BCUT2D eigenvalue weighted by Crippen LogP contribution is -2.26. The van der Waals surface area contributed by atoms with Crippen LogP contribution in [0.25, 0.3) is 0 Å². The van der Waals surface area contributed by atoms with Crippen LogP contribution in [0.3, 0.4) is 0 Å². The number of nitrogens with zero attached hydrogens (tertiary/aromatic N) is 1. The second-order valence-electron chi connectivity index (χ2n) is 3.56. The molecule has 1 aromatic rings. The lowest BCUT2D eigenvalue weighted by atomic mass is 10.2. The lowest BCUT2D eigenvalue weighted by molar-refractivity contribution is -0.127. The molecule has 0 saturated heterocycles. The number of halogens is 1. The first kappa shape index (κ1) is 13.6. The summed E-state index contributed by atoms with van der Waals surface area (Å²) in [6.07, 6.45) is 0. The standard InChI is InChI=1S/C11H14ClNO4/c1-7-9(11(15)16-3)4-8(17-7)6-13(2)10(14)5-12/h4H,5-6H2,1-3H3. The number of hydrogen-bond acceptors (Lipinski definition) is 4. The first-order valence-electron chi connectivity index (χ1n) is 4.97. The second-order valence-corrected chi connectivity index (χ2v) is 3.82. The van der Waals surface area contributed by atoms with Gasteiger partial charge in [-0.3, -0.25) is 4.79 Å². The van der Waals surface area contributed by atoms with Gasteiger partial charge in [-0.2, -0.15) is 0 Å². The molecule has 0 bridgehead atoms. The monoisotopic (exact) mass is 259 g/mol. The van der Waals surface area contributed by atoms with Crippen LogP contribution in [0.4, 0.5) is 0 Å². The molecule has 94 valence electrons. The fraction of sp³-hybridized carbons (Fsp3) is 0.455. The van der Waals surface area contributed by atoms with Crippen LogP contribution in [0.15, 0.2) is 10.5 Å². The Labute approximate surface area is 104 Å². The minimum Gasteiger partial charge on any atom is -0.465 e. The molecule has 0 spiro atoms. The number of carbonyl (C=O) groups excluding carboxylic acids is 2. The van der Waals surface area contributed by atoms with Gasteiger partial charge < -0.3 is 14.1 Å². The molecule has 0 aromatic carbocycles. The van der Waals surface area contributed by atoms with Crippen molar-refractivity contribution in [3.05, 3.63) is 23.2 Å². The van der Waals surface area contributed by atoms with Gasteiger partial charge in [-0.05, 0) is 13.0 Å². The number of furan rings is 1. The summed E-state index contributed by atoms with van der Waals surface area (Å²) >= 11 is 5.43. The predicted molar refractivity (Wildman–Crippen MR) is 62.0 cm³/mol. The molecule has 1 amide bonds. The van der Waals surface area contributed by atoms with E-state index in [0.717, 1.165) is 0 Å². The van der Waals surface area contributed by atoms with Crippen molar-refractivity contribution in [2.45, 2.75) is 13.5 Å². The fourth-order valence-corrected chi connectivity index (χ4v) is 1.56. The van der Waals surface area contributed by atoms with Gasteiger partial charge in [0.25, 0.3) is 0 Å². The molecule has 0 aliphatic carbocycles. The van der Waals surface area contributed by atoms with Crippen molar-refractivity contribution < 1.29 is 18.7 Å². The Balaban J connectivity index is 2.80. The first-order valence-corrected chi connectivity index (χ1v) is 5.50. The molecule has 1 rings (SSSR count). The number of carbonyl (C=O) groups is 2. The van der Waals surface area contributed by atoms with E-state index in [9.17, 15) is 9.59 Å². The van der Waals surface area contributed by atoms with Crippen molar-refractivity contribution in [3.63, 3.8) is 0 Å². The normalized spacial score (nSPS) is 10.1. The van der Waals surface area contributed by atoms with Crippen LogP contribution < -0.4 is 0 Å². The molecule has 0 unspecified atom stereocenters. The summed E-state index contributed by atoms with van der Waals surface area (Å²) in [5.74, 6) is 0.242. The fourth-order valence-electron chi connectivity index (χ4n) is 1.36. The Kier molecular flexibility index (Phi) is 4.57. The van der Waals surface area contributed by atoms with Crippen LogP contribution >= 0.6 is 11.6 Å². The van der Waals surface area contributed by atoms with E-state index < -0.39 is 5.97 Å². The smallest absolute Gasteiger partial charge is 0.341 e. The maximum atomic E-state index is 11.3. The minimum absolute atomic E-state index is 0.0833. The zero-order valence-electron chi connectivity index (χ0n) is 9.95. The quantitative estimate of drug-likeness (QED) is 0.608. The molecule has 0 N–H and O–H groups in total. The van der Waals surface area contributed by atoms with Gasteiger partial charge in [0, 0.05) is 7.05 Å². The summed E-state index contributed by atoms with van der Waals surface area (Å²) in [5, 5.41) is 0. The molecule has 0 atom stereocenters. The first-order chi connectivity index (χ1) is 7.99. The number of alkyl halides is 1. The highest BCUT2D eigenvalue weighted by Crippen LogP contribution is 2.17. The van der Waals surface area contributed by atoms with Crippen molar-refractivity contribution in [2.24, 2.45) is 0 Å². The van der Waals surface area contributed by atoms with Gasteiger partial charge in [0.2, 0.25) is 5.91 Å². The molecule has 0 fully saturated rings. The van der Waals surface area contributed by atoms with E-state index in [4.69, 9.17) is 16.0 Å². The van der Waals surface area contributed by atoms with E-state index in [1.807, 2.05) is 0 Å². The largest absolute Gasteiger partial charge is 0.465 e. The van der Waals surface area contributed by atoms with E-state index in [1.165, 1.54) is 12.0 Å². The SMILES string of the molecule is COC(=O)c1cc(CN(C)C(=O)CCl)oc1C. The predicted octanol–water partition coefficient (Wildman–Crippen LogP) is 1.57. The Bertz CT molecular complexity index is 427. The van der Waals surface area contributed by atoms with E-state index in [0.29, 0.717) is 17.1 Å². The van der Waals surface area contributed by atoms with Gasteiger partial charge in [-0.1, -0.05) is 0 Å². The topological polar surface area (TPSA) is 59.8 Å². The molecule has 1 heterocycles. The van der Waals surface area contributed by atoms with Gasteiger partial charge in [-0.25, -0.2) is 4.79 Å². The number of esters is 1. The van der Waals surface area contributed by atoms with E-state index in [-0.39, 0.29) is 18.3 Å². The highest BCUT2D eigenvalue weighted by Gasteiger charge is 2.17. The van der Waals surface area contributed by atoms with Crippen LogP contribution in [-0.4, -0.2) is 36.8 Å². The van der Waals surface area contributed by atoms with Gasteiger partial charge in [0.05, 0.1) is 13.7 Å². The van der Waals surface area contributed by atoms with E-state index in [1.54, 1.807) is 20.0 Å². The Morgan fingerprint density at radius 3 is 2.71 bits per heavy atom. The molecular weight excluding hydrogens is 246 g/mol. The van der Waals surface area contributed by atoms with Crippen molar-refractivity contribution in [2.75, 3.05) is 20.0 Å². The average molecular weight is 260 g/mol. The number of amides is 1. The Morgan fingerprint density at radius 2 is 2.18 bits per heavy atom. The van der Waals surface area contributed by atoms with Gasteiger partial charge in [-0.15, -0.1) is 11.6 Å². The third-order valence-corrected chi connectivity index (χ3v) is 2.54. The third-order valence-electron chi connectivity index (χ3n) is 2.31. The molecule has 0 aliphatic rings. The number of aryl methyl sites for hydroxylation is 1. The van der Waals surface area contributed by atoms with Crippen LogP contribution in [0.5, 0.6) is 0 Å². The zero-order chi connectivity index (χ0) is 13.0. The highest BCUT2D eigenvalue weighted by atomic mass is 35.5. The molecule has 6 heteroatoms. The van der Waals surface area contributed by atoms with Crippen molar-refractivity contribution >= 4 is 23.5 Å². The summed E-state index contributed by atoms with van der Waals surface area (Å²) in [6.45, 7) is 1.93. The van der Waals surface area contributed by atoms with Gasteiger partial charge >= 0.3 is 5.97 Å². The minimum atomic E-state index is -0.455. The Morgan fingerprint density at radius 1 is 1.53 bits per heavy atom. The number of methoxy groups -OCH3 is 1. The summed E-state index contributed by atoms with van der Waals surface area (Å²) < 4.78 is 9.97. The van der Waals surface area contributed by atoms with Crippen LogP contribution in [0.1, 0.15) is 21.9 Å². The van der Waals surface area contributed by atoms with Crippen LogP contribution in [-0.2, 0) is 16.1 Å². The molecular formula is C11H14ClNO4. The molecule has 0 radical (unpaired) electrons. The van der Waals surface area contributed by atoms with Gasteiger partial charge in [0.15, 0.2) is 0 Å². The van der Waals surface area contributed by atoms with Gasteiger partial charge in [0.1, 0.15) is 23.0 Å². The van der Waals surface area contributed by atoms with E-state index in [2.05, 4.69) is 4.74 Å². The summed E-state index contributed by atoms with van der Waals surface area (Å²) in [6, 6.07) is 1.57. The summed E-state index contributed by atoms with van der Waals surface area (Å²) in [4.78, 5) is 24.0. The zero-order valence-corrected chi connectivity index (χ0v) is 10.7. The van der Waals surface area contributed by atoms with Crippen LogP contribution in [0.2, 0.25) is 0 Å². The molecule has 0 aliphatic heterocycles. The maximum absolute atomic E-state index is 11.3. The Hall–Kier alpha value is -1.49.